The molecule has 4 aromatic rings. The van der Waals surface area contributed by atoms with E-state index in [-0.39, 0.29) is 18.3 Å². The SMILES string of the molecule is CN(Cc1cccnc1)C(=O)c1sc2cccc(F)c2c1COc1ccccc1. The number of thiophene rings is 1. The van der Waals surface area contributed by atoms with Gasteiger partial charge in [0.05, 0.1) is 4.88 Å². The van der Waals surface area contributed by atoms with Gasteiger partial charge in [0.1, 0.15) is 18.2 Å². The van der Waals surface area contributed by atoms with Crippen LogP contribution >= 0.6 is 11.3 Å². The van der Waals surface area contributed by atoms with Gasteiger partial charge in [-0.05, 0) is 35.9 Å². The summed E-state index contributed by atoms with van der Waals surface area (Å²) in [6.45, 7) is 0.537. The predicted molar refractivity (Wildman–Crippen MR) is 113 cm³/mol. The first-order valence-electron chi connectivity index (χ1n) is 9.15. The van der Waals surface area contributed by atoms with Crippen molar-refractivity contribution in [3.8, 4) is 5.75 Å². The Morgan fingerprint density at radius 2 is 1.93 bits per heavy atom. The Kier molecular flexibility index (Phi) is 5.53. The quantitative estimate of drug-likeness (QED) is 0.437. The molecule has 4 nitrogen and oxygen atoms in total. The zero-order valence-electron chi connectivity index (χ0n) is 15.8. The van der Waals surface area contributed by atoms with Crippen molar-refractivity contribution in [1.82, 2.24) is 9.88 Å². The van der Waals surface area contributed by atoms with Crippen LogP contribution in [0.5, 0.6) is 5.75 Å². The first-order valence-corrected chi connectivity index (χ1v) is 9.97. The standard InChI is InChI=1S/C23H19FN2O2S/c1-26(14-16-7-6-12-25-13-16)23(27)22-18(15-28-17-8-3-2-4-9-17)21-19(24)10-5-11-20(21)29-22/h2-13H,14-15H2,1H3. The molecule has 1 amide bonds. The van der Waals surface area contributed by atoms with E-state index in [0.29, 0.717) is 28.1 Å². The molecule has 0 N–H and O–H groups in total. The third kappa shape index (κ3) is 4.12. The van der Waals surface area contributed by atoms with Gasteiger partial charge in [0.15, 0.2) is 0 Å². The van der Waals surface area contributed by atoms with Crippen LogP contribution in [0.25, 0.3) is 10.1 Å². The molecule has 0 aliphatic rings. The molecule has 6 heteroatoms. The molecule has 0 aliphatic heterocycles. The number of hydrogen-bond acceptors (Lipinski definition) is 4. The summed E-state index contributed by atoms with van der Waals surface area (Å²) in [5.74, 6) is 0.158. The summed E-state index contributed by atoms with van der Waals surface area (Å²) in [7, 11) is 1.73. The number of halogens is 1. The lowest BCUT2D eigenvalue weighted by Crippen LogP contribution is -2.26. The summed E-state index contributed by atoms with van der Waals surface area (Å²) in [6, 6.07) is 18.0. The maximum Gasteiger partial charge on any atom is 0.264 e. The lowest BCUT2D eigenvalue weighted by Gasteiger charge is -2.17. The van der Waals surface area contributed by atoms with Gasteiger partial charge in [-0.1, -0.05) is 30.3 Å². The highest BCUT2D eigenvalue weighted by atomic mass is 32.1. The fraction of sp³-hybridized carbons (Fsp3) is 0.130. The lowest BCUT2D eigenvalue weighted by atomic mass is 10.1. The molecular weight excluding hydrogens is 387 g/mol. The van der Waals surface area contributed by atoms with E-state index in [1.54, 1.807) is 30.4 Å². The van der Waals surface area contributed by atoms with Crippen molar-refractivity contribution in [3.63, 3.8) is 0 Å². The van der Waals surface area contributed by atoms with Crippen LogP contribution in [-0.2, 0) is 13.2 Å². The van der Waals surface area contributed by atoms with E-state index < -0.39 is 0 Å². The number of fused-ring (bicyclic) bond motifs is 1. The molecule has 146 valence electrons. The molecule has 0 spiro atoms. The zero-order chi connectivity index (χ0) is 20.2. The third-order valence-corrected chi connectivity index (χ3v) is 5.76. The molecule has 0 saturated carbocycles. The van der Waals surface area contributed by atoms with Crippen LogP contribution in [0.4, 0.5) is 4.39 Å². The van der Waals surface area contributed by atoms with Crippen molar-refractivity contribution < 1.29 is 13.9 Å². The van der Waals surface area contributed by atoms with Gasteiger partial charge < -0.3 is 9.64 Å². The number of carbonyl (C=O) groups excluding carboxylic acids is 1. The van der Waals surface area contributed by atoms with Gasteiger partial charge in [0, 0.05) is 41.6 Å². The summed E-state index contributed by atoms with van der Waals surface area (Å²) in [5.41, 5.74) is 1.51. The molecule has 2 heterocycles. The largest absolute Gasteiger partial charge is 0.489 e. The number of benzene rings is 2. The van der Waals surface area contributed by atoms with Gasteiger partial charge in [0.25, 0.3) is 5.91 Å². The Morgan fingerprint density at radius 3 is 2.69 bits per heavy atom. The van der Waals surface area contributed by atoms with Crippen molar-refractivity contribution >= 4 is 27.3 Å². The first kappa shape index (κ1) is 19.1. The summed E-state index contributed by atoms with van der Waals surface area (Å²) < 4.78 is 21.2. The highest BCUT2D eigenvalue weighted by Gasteiger charge is 2.23. The maximum atomic E-state index is 14.6. The van der Waals surface area contributed by atoms with Crippen molar-refractivity contribution in [3.05, 3.63) is 94.9 Å². The molecule has 2 aromatic carbocycles. The Morgan fingerprint density at radius 1 is 1.10 bits per heavy atom. The number of rotatable bonds is 6. The van der Waals surface area contributed by atoms with Gasteiger partial charge in [0.2, 0.25) is 0 Å². The summed E-state index contributed by atoms with van der Waals surface area (Å²) in [6.07, 6.45) is 3.42. The van der Waals surface area contributed by atoms with Crippen molar-refractivity contribution in [2.75, 3.05) is 7.05 Å². The number of hydrogen-bond donors (Lipinski definition) is 0. The molecular formula is C23H19FN2O2S. The van der Waals surface area contributed by atoms with Crippen LogP contribution in [0.1, 0.15) is 20.8 Å². The smallest absolute Gasteiger partial charge is 0.264 e. The minimum absolute atomic E-state index is 0.118. The van der Waals surface area contributed by atoms with Crippen LogP contribution in [0.15, 0.2) is 73.1 Å². The van der Waals surface area contributed by atoms with E-state index in [4.69, 9.17) is 4.74 Å². The molecule has 4 rings (SSSR count). The fourth-order valence-electron chi connectivity index (χ4n) is 3.16. The number of carbonyl (C=O) groups is 1. The lowest BCUT2D eigenvalue weighted by molar-refractivity contribution is 0.0787. The Bertz CT molecular complexity index is 1130. The molecule has 0 radical (unpaired) electrons. The molecule has 2 aromatic heterocycles. The van der Waals surface area contributed by atoms with E-state index in [1.807, 2.05) is 48.5 Å². The van der Waals surface area contributed by atoms with E-state index in [2.05, 4.69) is 4.98 Å². The minimum atomic E-state index is -0.348. The van der Waals surface area contributed by atoms with E-state index in [1.165, 1.54) is 17.4 Å². The second-order valence-electron chi connectivity index (χ2n) is 6.65. The van der Waals surface area contributed by atoms with Crippen molar-refractivity contribution in [2.45, 2.75) is 13.2 Å². The van der Waals surface area contributed by atoms with Crippen LogP contribution in [0, 0.1) is 5.82 Å². The molecule has 0 aliphatic carbocycles. The van der Waals surface area contributed by atoms with Gasteiger partial charge in [-0.25, -0.2) is 4.39 Å². The average molecular weight is 406 g/mol. The van der Waals surface area contributed by atoms with Crippen LogP contribution in [0.3, 0.4) is 0 Å². The van der Waals surface area contributed by atoms with Crippen molar-refractivity contribution in [1.29, 1.82) is 0 Å². The Labute approximate surface area is 172 Å². The number of nitrogens with zero attached hydrogens (tertiary/aromatic N) is 2. The molecule has 29 heavy (non-hydrogen) atoms. The topological polar surface area (TPSA) is 42.4 Å². The number of aromatic nitrogens is 1. The van der Waals surface area contributed by atoms with Crippen LogP contribution in [-0.4, -0.2) is 22.8 Å². The van der Waals surface area contributed by atoms with Crippen molar-refractivity contribution in [2.24, 2.45) is 0 Å². The zero-order valence-corrected chi connectivity index (χ0v) is 16.7. The van der Waals surface area contributed by atoms with E-state index in [9.17, 15) is 9.18 Å². The summed E-state index contributed by atoms with van der Waals surface area (Å²) >= 11 is 1.29. The number of para-hydroxylation sites is 1. The monoisotopic (exact) mass is 406 g/mol. The van der Waals surface area contributed by atoms with Gasteiger partial charge in [-0.15, -0.1) is 11.3 Å². The van der Waals surface area contributed by atoms with E-state index >= 15 is 0 Å². The fourth-order valence-corrected chi connectivity index (χ4v) is 4.38. The van der Waals surface area contributed by atoms with Gasteiger partial charge in [-0.3, -0.25) is 9.78 Å². The second kappa shape index (κ2) is 8.41. The molecule has 0 bridgehead atoms. The van der Waals surface area contributed by atoms with E-state index in [0.717, 1.165) is 10.3 Å². The first-order chi connectivity index (χ1) is 14.1. The van der Waals surface area contributed by atoms with Crippen LogP contribution in [0.2, 0.25) is 0 Å². The summed E-state index contributed by atoms with van der Waals surface area (Å²) in [4.78, 5) is 19.4. The van der Waals surface area contributed by atoms with Gasteiger partial charge in [-0.2, -0.15) is 0 Å². The minimum Gasteiger partial charge on any atom is -0.489 e. The molecule has 0 unspecified atom stereocenters. The normalized spacial score (nSPS) is 10.8. The van der Waals surface area contributed by atoms with Gasteiger partial charge >= 0.3 is 0 Å². The third-order valence-electron chi connectivity index (χ3n) is 4.57. The average Bonchev–Trinajstić information content (AvgIpc) is 3.13. The second-order valence-corrected chi connectivity index (χ2v) is 7.70. The summed E-state index contributed by atoms with van der Waals surface area (Å²) in [5, 5.41) is 0.451. The van der Waals surface area contributed by atoms with Crippen LogP contribution < -0.4 is 4.74 Å². The Hall–Kier alpha value is -3.25. The Balaban J connectivity index is 1.67. The maximum absolute atomic E-state index is 14.6. The highest BCUT2D eigenvalue weighted by molar-refractivity contribution is 7.21. The number of ether oxygens (including phenoxy) is 1. The predicted octanol–water partition coefficient (Wildman–Crippen LogP) is 5.29. The highest BCUT2D eigenvalue weighted by Crippen LogP contribution is 2.35. The number of pyridine rings is 1. The molecule has 0 fully saturated rings. The molecule has 0 atom stereocenters. The molecule has 0 saturated heterocycles. The number of amides is 1.